The highest BCUT2D eigenvalue weighted by atomic mass is 32.2. The molecule has 1 aliphatic rings. The van der Waals surface area contributed by atoms with Crippen LogP contribution in [-0.4, -0.2) is 29.9 Å². The molecule has 0 unspecified atom stereocenters. The minimum Gasteiger partial charge on any atom is -0.308 e. The second-order valence-corrected chi connectivity index (χ2v) is 5.92. The molecule has 1 aromatic carbocycles. The average molecular weight is 262 g/mol. The van der Waals surface area contributed by atoms with Crippen LogP contribution in [0.15, 0.2) is 12.1 Å². The van der Waals surface area contributed by atoms with Gasteiger partial charge in [-0.2, -0.15) is 0 Å². The summed E-state index contributed by atoms with van der Waals surface area (Å²) in [6.07, 6.45) is 6.12. The van der Waals surface area contributed by atoms with Gasteiger partial charge in [-0.1, -0.05) is 24.1 Å². The number of hydrogen-bond acceptors (Lipinski definition) is 3. The smallest absolute Gasteiger partial charge is 0.0255 e. The summed E-state index contributed by atoms with van der Waals surface area (Å²) in [5.74, 6) is 0.629. The van der Waals surface area contributed by atoms with Gasteiger partial charge < -0.3 is 5.41 Å². The van der Waals surface area contributed by atoms with E-state index in [9.17, 15) is 0 Å². The van der Waals surface area contributed by atoms with Crippen molar-refractivity contribution in [2.75, 3.05) is 19.3 Å². The minimum absolute atomic E-state index is 0.629. The van der Waals surface area contributed by atoms with E-state index >= 15 is 0 Å². The van der Waals surface area contributed by atoms with E-state index in [1.54, 1.807) is 6.21 Å². The molecule has 0 aromatic heterocycles. The minimum atomic E-state index is 0.629. The largest absolute Gasteiger partial charge is 0.308 e. The number of rotatable bonds is 3. The van der Waals surface area contributed by atoms with Gasteiger partial charge in [0.05, 0.1) is 0 Å². The van der Waals surface area contributed by atoms with Gasteiger partial charge >= 0.3 is 0 Å². The predicted molar refractivity (Wildman–Crippen MR) is 80.9 cm³/mol. The second-order valence-electron chi connectivity index (χ2n) is 5.04. The number of nitrogens with zero attached hydrogens (tertiary/aromatic N) is 1. The van der Waals surface area contributed by atoms with E-state index in [2.05, 4.69) is 36.5 Å². The van der Waals surface area contributed by atoms with Crippen molar-refractivity contribution in [3.63, 3.8) is 0 Å². The summed E-state index contributed by atoms with van der Waals surface area (Å²) < 4.78 is 2.43. The number of aryl methyl sites for hydroxylation is 1. The Morgan fingerprint density at radius 3 is 2.50 bits per heavy atom. The monoisotopic (exact) mass is 262 g/mol. The maximum atomic E-state index is 7.68. The van der Waals surface area contributed by atoms with Crippen LogP contribution in [0.5, 0.6) is 0 Å². The van der Waals surface area contributed by atoms with Gasteiger partial charge in [0, 0.05) is 19.3 Å². The normalized spacial score (nSPS) is 17.9. The van der Waals surface area contributed by atoms with Crippen LogP contribution in [0.3, 0.4) is 0 Å². The molecular formula is C15H22N2S. The zero-order valence-electron chi connectivity index (χ0n) is 11.5. The molecule has 1 heterocycles. The Labute approximate surface area is 114 Å². The van der Waals surface area contributed by atoms with Crippen LogP contribution in [0.1, 0.15) is 41.0 Å². The summed E-state index contributed by atoms with van der Waals surface area (Å²) in [7, 11) is 0. The Hall–Kier alpha value is -0.800. The first-order valence-electron chi connectivity index (χ1n) is 6.57. The fourth-order valence-corrected chi connectivity index (χ4v) is 3.33. The third-order valence-corrected chi connectivity index (χ3v) is 5.00. The molecule has 0 saturated carbocycles. The predicted octanol–water partition coefficient (Wildman–Crippen LogP) is 3.76. The molecule has 1 aromatic rings. The lowest BCUT2D eigenvalue weighted by Crippen LogP contribution is -2.27. The maximum absolute atomic E-state index is 7.68. The van der Waals surface area contributed by atoms with Crippen molar-refractivity contribution in [1.82, 2.24) is 4.31 Å². The summed E-state index contributed by atoms with van der Waals surface area (Å²) in [4.78, 5) is 0. The SMILES string of the molecule is CSN1CCC(c2ccc(C)c(C)c2C=N)CC1. The molecule has 0 atom stereocenters. The second kappa shape index (κ2) is 5.89. The molecule has 0 spiro atoms. The lowest BCUT2D eigenvalue weighted by molar-refractivity contribution is 0.346. The third-order valence-electron chi connectivity index (χ3n) is 4.12. The lowest BCUT2D eigenvalue weighted by Gasteiger charge is -2.31. The fraction of sp³-hybridized carbons (Fsp3) is 0.533. The molecule has 1 aliphatic heterocycles. The van der Waals surface area contributed by atoms with Gasteiger partial charge in [-0.05, 0) is 61.1 Å². The van der Waals surface area contributed by atoms with Gasteiger partial charge in [0.1, 0.15) is 0 Å². The van der Waals surface area contributed by atoms with Crippen LogP contribution in [0, 0.1) is 19.3 Å². The Balaban J connectivity index is 2.24. The van der Waals surface area contributed by atoms with E-state index in [1.807, 2.05) is 11.9 Å². The standard InChI is InChI=1S/C15H22N2S/c1-11-4-5-14(15(10-16)12(11)2)13-6-8-17(18-3)9-7-13/h4-5,10,13,16H,6-9H2,1-3H3. The molecule has 0 radical (unpaired) electrons. The number of nitrogens with one attached hydrogen (secondary N) is 1. The first-order chi connectivity index (χ1) is 8.67. The van der Waals surface area contributed by atoms with Crippen molar-refractivity contribution < 1.29 is 0 Å². The van der Waals surface area contributed by atoms with Gasteiger partial charge in [-0.15, -0.1) is 0 Å². The van der Waals surface area contributed by atoms with Crippen molar-refractivity contribution in [3.05, 3.63) is 34.4 Å². The van der Waals surface area contributed by atoms with Gasteiger partial charge in [-0.3, -0.25) is 4.31 Å². The van der Waals surface area contributed by atoms with E-state index in [0.29, 0.717) is 5.92 Å². The van der Waals surface area contributed by atoms with Crippen LogP contribution >= 0.6 is 11.9 Å². The van der Waals surface area contributed by atoms with E-state index in [-0.39, 0.29) is 0 Å². The summed E-state index contributed by atoms with van der Waals surface area (Å²) in [6.45, 7) is 6.59. The van der Waals surface area contributed by atoms with Gasteiger partial charge in [0.25, 0.3) is 0 Å². The van der Waals surface area contributed by atoms with Gasteiger partial charge in [0.2, 0.25) is 0 Å². The van der Waals surface area contributed by atoms with Crippen molar-refractivity contribution in [2.24, 2.45) is 0 Å². The molecule has 0 bridgehead atoms. The van der Waals surface area contributed by atoms with Crippen molar-refractivity contribution >= 4 is 18.2 Å². The van der Waals surface area contributed by atoms with Crippen molar-refractivity contribution in [2.45, 2.75) is 32.6 Å². The Kier molecular flexibility index (Phi) is 4.46. The van der Waals surface area contributed by atoms with Crippen LogP contribution in [0.4, 0.5) is 0 Å². The summed E-state index contributed by atoms with van der Waals surface area (Å²) in [6, 6.07) is 4.45. The van der Waals surface area contributed by atoms with E-state index < -0.39 is 0 Å². The maximum Gasteiger partial charge on any atom is 0.0255 e. The Morgan fingerprint density at radius 2 is 1.94 bits per heavy atom. The van der Waals surface area contributed by atoms with Gasteiger partial charge in [0.15, 0.2) is 0 Å². The topological polar surface area (TPSA) is 27.1 Å². The highest BCUT2D eigenvalue weighted by Crippen LogP contribution is 2.33. The van der Waals surface area contributed by atoms with E-state index in [0.717, 1.165) is 18.7 Å². The fourth-order valence-electron chi connectivity index (χ4n) is 2.76. The van der Waals surface area contributed by atoms with Crippen molar-refractivity contribution in [1.29, 1.82) is 5.41 Å². The number of benzene rings is 1. The molecule has 1 N–H and O–H groups in total. The highest BCUT2D eigenvalue weighted by molar-refractivity contribution is 7.96. The van der Waals surface area contributed by atoms with Crippen molar-refractivity contribution in [3.8, 4) is 0 Å². The molecule has 2 rings (SSSR count). The highest BCUT2D eigenvalue weighted by Gasteiger charge is 2.22. The summed E-state index contributed by atoms with van der Waals surface area (Å²) >= 11 is 1.85. The van der Waals surface area contributed by atoms with Crippen LogP contribution in [0.25, 0.3) is 0 Å². The molecule has 0 aliphatic carbocycles. The molecule has 2 nitrogen and oxygen atoms in total. The molecule has 1 saturated heterocycles. The van der Waals surface area contributed by atoms with Crippen LogP contribution in [0.2, 0.25) is 0 Å². The van der Waals surface area contributed by atoms with Crippen LogP contribution < -0.4 is 0 Å². The zero-order valence-corrected chi connectivity index (χ0v) is 12.3. The first kappa shape index (κ1) is 13.6. The summed E-state index contributed by atoms with van der Waals surface area (Å²) in [5.41, 5.74) is 5.10. The molecule has 0 amide bonds. The third kappa shape index (κ3) is 2.62. The molecular weight excluding hydrogens is 240 g/mol. The molecule has 1 fully saturated rings. The number of hydrogen-bond donors (Lipinski definition) is 1. The van der Waals surface area contributed by atoms with Crippen LogP contribution in [-0.2, 0) is 0 Å². The van der Waals surface area contributed by atoms with Gasteiger partial charge in [-0.25, -0.2) is 0 Å². The van der Waals surface area contributed by atoms with E-state index in [4.69, 9.17) is 5.41 Å². The molecule has 3 heteroatoms. The number of piperidine rings is 1. The molecule has 98 valence electrons. The van der Waals surface area contributed by atoms with E-state index in [1.165, 1.54) is 29.5 Å². The summed E-state index contributed by atoms with van der Waals surface area (Å²) in [5, 5.41) is 7.68. The lowest BCUT2D eigenvalue weighted by atomic mass is 9.84. The Morgan fingerprint density at radius 1 is 1.28 bits per heavy atom. The quantitative estimate of drug-likeness (QED) is 0.663. The zero-order chi connectivity index (χ0) is 13.1. The average Bonchev–Trinajstić information content (AvgIpc) is 2.42. The first-order valence-corrected chi connectivity index (χ1v) is 7.75. The Bertz CT molecular complexity index is 434. The molecule has 18 heavy (non-hydrogen) atoms.